The largest absolute Gasteiger partial charge is 0.504 e. The fourth-order valence-electron chi connectivity index (χ4n) is 3.50. The molecule has 0 aliphatic rings. The van der Waals surface area contributed by atoms with Crippen LogP contribution in [-0.4, -0.2) is 48.1 Å². The lowest BCUT2D eigenvalue weighted by Gasteiger charge is -2.18. The third-order valence-electron chi connectivity index (χ3n) is 5.45. The number of fused-ring (bicyclic) bond motifs is 1. The zero-order valence-electron chi connectivity index (χ0n) is 21.2. The SMILES string of the molecule is CN(C)c1c(/N=N/c2ccnn2C)cc(/N=N/c2snc3ncc(C#N)cc23)c(O)c1/N=N/c1ccnn1C. The average Bonchev–Trinajstić information content (AvgIpc) is 3.65. The number of hydrogen-bond donors (Lipinski definition) is 1. The Kier molecular flexibility index (Phi) is 6.80. The molecule has 0 saturated heterocycles. The van der Waals surface area contributed by atoms with E-state index in [0.717, 1.165) is 11.5 Å². The predicted molar refractivity (Wildman–Crippen MR) is 144 cm³/mol. The summed E-state index contributed by atoms with van der Waals surface area (Å²) < 4.78 is 7.36. The number of aromatic hydroxyl groups is 1. The quantitative estimate of drug-likeness (QED) is 0.244. The Hall–Kier alpha value is -5.43. The van der Waals surface area contributed by atoms with E-state index in [1.807, 2.05) is 6.07 Å². The van der Waals surface area contributed by atoms with Gasteiger partial charge in [-0.1, -0.05) is 0 Å². The molecule has 39 heavy (non-hydrogen) atoms. The van der Waals surface area contributed by atoms with Crippen molar-refractivity contribution in [1.29, 1.82) is 5.26 Å². The molecular formula is C23H20N14OS. The van der Waals surface area contributed by atoms with E-state index in [0.29, 0.717) is 44.6 Å². The molecule has 4 heterocycles. The van der Waals surface area contributed by atoms with Gasteiger partial charge in [-0.05, 0) is 23.7 Å². The van der Waals surface area contributed by atoms with Crippen molar-refractivity contribution in [3.8, 4) is 11.8 Å². The van der Waals surface area contributed by atoms with Crippen LogP contribution in [0.2, 0.25) is 0 Å². The molecule has 0 amide bonds. The first-order valence-corrected chi connectivity index (χ1v) is 12.1. The molecule has 15 nitrogen and oxygen atoms in total. The minimum Gasteiger partial charge on any atom is -0.504 e. The third-order valence-corrected chi connectivity index (χ3v) is 6.19. The summed E-state index contributed by atoms with van der Waals surface area (Å²) in [6.45, 7) is 0. The number of benzene rings is 1. The minimum atomic E-state index is -0.266. The summed E-state index contributed by atoms with van der Waals surface area (Å²) in [7, 11) is 7.04. The van der Waals surface area contributed by atoms with Crippen LogP contribution in [0.25, 0.3) is 11.0 Å². The molecule has 0 bridgehead atoms. The van der Waals surface area contributed by atoms with Crippen LogP contribution in [-0.2, 0) is 14.1 Å². The van der Waals surface area contributed by atoms with Crippen molar-refractivity contribution >= 4 is 62.0 Å². The van der Waals surface area contributed by atoms with E-state index in [9.17, 15) is 10.4 Å². The van der Waals surface area contributed by atoms with Crippen molar-refractivity contribution in [3.63, 3.8) is 0 Å². The highest BCUT2D eigenvalue weighted by molar-refractivity contribution is 7.11. The number of rotatable bonds is 7. The number of nitrogens with zero attached hydrogens (tertiary/aromatic N) is 14. The number of phenols is 1. The van der Waals surface area contributed by atoms with Gasteiger partial charge in [0.05, 0.1) is 29.0 Å². The smallest absolute Gasteiger partial charge is 0.175 e. The summed E-state index contributed by atoms with van der Waals surface area (Å²) in [5, 5.41) is 55.5. The lowest BCUT2D eigenvalue weighted by atomic mass is 10.1. The van der Waals surface area contributed by atoms with Gasteiger partial charge in [-0.25, -0.2) is 14.3 Å². The normalized spacial score (nSPS) is 11.9. The van der Waals surface area contributed by atoms with Crippen LogP contribution in [0.1, 0.15) is 5.56 Å². The number of nitriles is 1. The molecule has 0 aliphatic heterocycles. The molecule has 16 heteroatoms. The van der Waals surface area contributed by atoms with Crippen LogP contribution >= 0.6 is 11.5 Å². The Morgan fingerprint density at radius 1 is 0.923 bits per heavy atom. The Morgan fingerprint density at radius 2 is 1.59 bits per heavy atom. The number of aryl methyl sites for hydroxylation is 2. The predicted octanol–water partition coefficient (Wildman–Crippen LogP) is 6.05. The summed E-state index contributed by atoms with van der Waals surface area (Å²) in [6, 6.07) is 8.62. The van der Waals surface area contributed by atoms with Crippen LogP contribution in [0.3, 0.4) is 0 Å². The molecular weight excluding hydrogens is 520 g/mol. The lowest BCUT2D eigenvalue weighted by molar-refractivity contribution is 0.477. The number of azo groups is 3. The van der Waals surface area contributed by atoms with Gasteiger partial charge in [0.25, 0.3) is 0 Å². The molecule has 1 N–H and O–H groups in total. The molecule has 5 rings (SSSR count). The summed E-state index contributed by atoms with van der Waals surface area (Å²) in [6.07, 6.45) is 4.64. The molecule has 0 unspecified atom stereocenters. The van der Waals surface area contributed by atoms with Gasteiger partial charge in [0.1, 0.15) is 17.4 Å². The molecule has 4 aromatic heterocycles. The van der Waals surface area contributed by atoms with E-state index in [2.05, 4.69) is 50.2 Å². The number of anilines is 1. The fourth-order valence-corrected chi connectivity index (χ4v) is 4.15. The van der Waals surface area contributed by atoms with E-state index < -0.39 is 0 Å². The Labute approximate surface area is 225 Å². The van der Waals surface area contributed by atoms with Gasteiger partial charge < -0.3 is 10.0 Å². The van der Waals surface area contributed by atoms with Crippen LogP contribution in [0, 0.1) is 11.3 Å². The van der Waals surface area contributed by atoms with E-state index in [4.69, 9.17) is 0 Å². The maximum Gasteiger partial charge on any atom is 0.175 e. The maximum absolute atomic E-state index is 11.3. The average molecular weight is 541 g/mol. The fraction of sp³-hybridized carbons (Fsp3) is 0.174. The van der Waals surface area contributed by atoms with Gasteiger partial charge in [0.2, 0.25) is 0 Å². The van der Waals surface area contributed by atoms with E-state index in [1.54, 1.807) is 79.1 Å². The van der Waals surface area contributed by atoms with Gasteiger partial charge in [-0.15, -0.1) is 30.7 Å². The van der Waals surface area contributed by atoms with Crippen molar-refractivity contribution in [1.82, 2.24) is 28.9 Å². The van der Waals surface area contributed by atoms with Gasteiger partial charge in [0.15, 0.2) is 33.7 Å². The number of aromatic nitrogens is 6. The van der Waals surface area contributed by atoms with Crippen LogP contribution in [0.15, 0.2) is 73.5 Å². The molecule has 0 radical (unpaired) electrons. The molecule has 1 aromatic carbocycles. The molecule has 0 saturated carbocycles. The highest BCUT2D eigenvalue weighted by Crippen LogP contribution is 2.50. The molecule has 0 atom stereocenters. The second-order valence-electron chi connectivity index (χ2n) is 8.28. The van der Waals surface area contributed by atoms with Crippen LogP contribution < -0.4 is 4.90 Å². The zero-order chi connectivity index (χ0) is 27.5. The van der Waals surface area contributed by atoms with Gasteiger partial charge in [-0.2, -0.15) is 19.8 Å². The first-order chi connectivity index (χ1) is 18.9. The summed E-state index contributed by atoms with van der Waals surface area (Å²) in [5.41, 5.74) is 1.80. The first kappa shape index (κ1) is 25.2. The van der Waals surface area contributed by atoms with Gasteiger partial charge in [0, 0.05) is 46.5 Å². The van der Waals surface area contributed by atoms with Crippen molar-refractivity contribution in [2.75, 3.05) is 19.0 Å². The maximum atomic E-state index is 11.3. The number of phenolic OH excluding ortho intramolecular Hbond substituents is 1. The van der Waals surface area contributed by atoms with Gasteiger partial charge >= 0.3 is 0 Å². The van der Waals surface area contributed by atoms with E-state index in [-0.39, 0.29) is 17.1 Å². The zero-order valence-corrected chi connectivity index (χ0v) is 22.0. The highest BCUT2D eigenvalue weighted by Gasteiger charge is 2.21. The topological polar surface area (TPSA) is 183 Å². The molecule has 0 spiro atoms. The standard InChI is InChI=1S/C23H20N14OS/c1-35(2)20-15(28-30-17-5-7-26-36(17)3)10-16(21(38)19(20)32-31-18-6-8-27-37(18)4)29-33-23-14-9-13(11-24)12-25-22(14)34-39-23/h5-10,12,38H,1-4H3/b30-28+,32-31+,33-29+. The molecule has 0 fully saturated rings. The molecule has 194 valence electrons. The van der Waals surface area contributed by atoms with Crippen LogP contribution in [0.5, 0.6) is 5.75 Å². The third kappa shape index (κ3) is 5.06. The van der Waals surface area contributed by atoms with Crippen molar-refractivity contribution in [2.24, 2.45) is 44.8 Å². The summed E-state index contributed by atoms with van der Waals surface area (Å²) in [4.78, 5) is 5.90. The van der Waals surface area contributed by atoms with Crippen molar-refractivity contribution in [2.45, 2.75) is 0 Å². The van der Waals surface area contributed by atoms with Crippen molar-refractivity contribution < 1.29 is 5.11 Å². The Morgan fingerprint density at radius 3 is 2.21 bits per heavy atom. The first-order valence-electron chi connectivity index (χ1n) is 11.3. The van der Waals surface area contributed by atoms with E-state index in [1.165, 1.54) is 6.20 Å². The minimum absolute atomic E-state index is 0.0736. The monoisotopic (exact) mass is 540 g/mol. The van der Waals surface area contributed by atoms with Crippen LogP contribution in [0.4, 0.5) is 39.4 Å². The van der Waals surface area contributed by atoms with Crippen molar-refractivity contribution in [3.05, 3.63) is 48.4 Å². The second-order valence-corrected chi connectivity index (χ2v) is 9.03. The van der Waals surface area contributed by atoms with Gasteiger partial charge in [-0.3, -0.25) is 0 Å². The highest BCUT2D eigenvalue weighted by atomic mass is 32.1. The lowest BCUT2D eigenvalue weighted by Crippen LogP contribution is -2.09. The molecule has 0 aliphatic carbocycles. The van der Waals surface area contributed by atoms with E-state index >= 15 is 0 Å². The Bertz CT molecular complexity index is 1800. The number of hydrogen-bond acceptors (Lipinski definition) is 14. The second kappa shape index (κ2) is 10.5. The summed E-state index contributed by atoms with van der Waals surface area (Å²) in [5.74, 6) is 0.726. The molecule has 5 aromatic rings. The Balaban J connectivity index is 1.65. The number of pyridine rings is 1. The summed E-state index contributed by atoms with van der Waals surface area (Å²) >= 11 is 1.07.